The van der Waals surface area contributed by atoms with E-state index in [9.17, 15) is 44.6 Å². The Bertz CT molecular complexity index is 1180. The van der Waals surface area contributed by atoms with Gasteiger partial charge < -0.3 is 48.9 Å². The van der Waals surface area contributed by atoms with Gasteiger partial charge in [0.2, 0.25) is 0 Å². The van der Waals surface area contributed by atoms with Gasteiger partial charge in [0.1, 0.15) is 43.2 Å². The third kappa shape index (κ3) is 28.3. The molecule has 8 atom stereocenters. The molecule has 0 radical (unpaired) electrons. The van der Waals surface area contributed by atoms with Crippen molar-refractivity contribution in [2.24, 2.45) is 0 Å². The molecule has 0 amide bonds. The largest absolute Gasteiger partial charge is 0.756 e. The van der Waals surface area contributed by atoms with Crippen molar-refractivity contribution in [2.75, 3.05) is 13.2 Å². The summed E-state index contributed by atoms with van der Waals surface area (Å²) in [5.41, 5.74) is 0. The topological polar surface area (TPSA) is 212 Å². The number of aliphatic hydroxyl groups excluding tert-OH is 5. The molecular formula is C45H80O13P-. The Labute approximate surface area is 355 Å². The molecule has 0 aromatic heterocycles. The van der Waals surface area contributed by atoms with Crippen molar-refractivity contribution < 1.29 is 63.1 Å². The van der Waals surface area contributed by atoms with Gasteiger partial charge in [0.25, 0.3) is 7.82 Å². The molecule has 1 rings (SSSR count). The van der Waals surface area contributed by atoms with Crippen LogP contribution in [0.4, 0.5) is 0 Å². The number of hydrogen-bond acceptors (Lipinski definition) is 13. The molecule has 13 nitrogen and oxygen atoms in total. The molecule has 0 bridgehead atoms. The van der Waals surface area contributed by atoms with Gasteiger partial charge in [-0.05, 0) is 44.9 Å². The van der Waals surface area contributed by atoms with Crippen LogP contribution in [0.5, 0.6) is 0 Å². The van der Waals surface area contributed by atoms with Crippen LogP contribution < -0.4 is 4.89 Å². The van der Waals surface area contributed by atoms with Crippen LogP contribution in [-0.2, 0) is 32.7 Å². The van der Waals surface area contributed by atoms with E-state index in [1.54, 1.807) is 0 Å². The lowest BCUT2D eigenvalue weighted by Gasteiger charge is -2.43. The first-order valence-corrected chi connectivity index (χ1v) is 24.2. The SMILES string of the molecule is CC/C=C\C/C=C\C/C=C\CCCCCCCC(=O)O[C@H](COC(=O)CCCCCCCCCCCCCCCCC)COP(=O)([O-])OC1[C@H](O)[C@H](O)C(O)[C@H](O)[C@H]1O. The number of carbonyl (C=O) groups is 2. The zero-order valence-corrected chi connectivity index (χ0v) is 37.1. The zero-order chi connectivity index (χ0) is 43.6. The molecule has 0 saturated heterocycles. The van der Waals surface area contributed by atoms with Crippen molar-refractivity contribution in [3.8, 4) is 0 Å². The Hall–Kier alpha value is -1.93. The number of carbonyl (C=O) groups excluding carboxylic acids is 2. The van der Waals surface area contributed by atoms with Crippen LogP contribution in [0.1, 0.15) is 181 Å². The molecule has 0 aromatic carbocycles. The van der Waals surface area contributed by atoms with E-state index in [0.29, 0.717) is 12.8 Å². The summed E-state index contributed by atoms with van der Waals surface area (Å²) in [5.74, 6) is -1.15. The lowest BCUT2D eigenvalue weighted by atomic mass is 9.85. The van der Waals surface area contributed by atoms with Gasteiger partial charge in [0, 0.05) is 12.8 Å². The molecule has 3 unspecified atom stereocenters. The highest BCUT2D eigenvalue weighted by atomic mass is 31.2. The standard InChI is InChI=1S/C45H81O13P/c1-3-5-7-9-11-13-15-17-19-21-23-25-27-29-31-33-38(46)55-35-37(36-56-59(53,54)58-45-43(51)41(49)40(48)42(50)44(45)52)57-39(47)34-32-30-28-26-24-22-20-18-16-14-12-10-8-6-4-2/h6,8,12,14,18,20,37,40-45,48-52H,3-5,7,9-11,13,15-17,19,21-36H2,1-2H3,(H,53,54)/p-1/b8-6-,14-12-,20-18-/t37-,40?,41-,42+,43-,44-,45?/m1/s1. The molecule has 1 saturated carbocycles. The number of esters is 2. The Morgan fingerprint density at radius 2 is 0.983 bits per heavy atom. The monoisotopic (exact) mass is 860 g/mol. The van der Waals surface area contributed by atoms with Gasteiger partial charge in [0.05, 0.1) is 6.61 Å². The predicted molar refractivity (Wildman–Crippen MR) is 228 cm³/mol. The number of ether oxygens (including phenoxy) is 2. The van der Waals surface area contributed by atoms with Gasteiger partial charge in [0.15, 0.2) is 6.10 Å². The first-order chi connectivity index (χ1) is 28.4. The summed E-state index contributed by atoms with van der Waals surface area (Å²) in [7, 11) is -5.37. The fraction of sp³-hybridized carbons (Fsp3) is 0.822. The number of rotatable bonds is 37. The second-order valence-corrected chi connectivity index (χ2v) is 17.2. The smallest absolute Gasteiger partial charge is 0.306 e. The second kappa shape index (κ2) is 35.6. The highest BCUT2D eigenvalue weighted by molar-refractivity contribution is 7.45. The van der Waals surface area contributed by atoms with E-state index in [4.69, 9.17) is 18.5 Å². The van der Waals surface area contributed by atoms with Gasteiger partial charge in [-0.25, -0.2) is 0 Å². The molecular weight excluding hydrogens is 779 g/mol. The number of phosphoric ester groups is 1. The molecule has 59 heavy (non-hydrogen) atoms. The van der Waals surface area contributed by atoms with Crippen molar-refractivity contribution in [1.82, 2.24) is 0 Å². The average molecular weight is 860 g/mol. The number of unbranched alkanes of at least 4 members (excludes halogenated alkanes) is 19. The number of hydrogen-bond donors (Lipinski definition) is 5. The number of phosphoric acid groups is 1. The maximum Gasteiger partial charge on any atom is 0.306 e. The summed E-state index contributed by atoms with van der Waals surface area (Å²) in [4.78, 5) is 38.0. The van der Waals surface area contributed by atoms with E-state index in [1.807, 2.05) is 0 Å². The van der Waals surface area contributed by atoms with Crippen LogP contribution in [0.15, 0.2) is 36.5 Å². The van der Waals surface area contributed by atoms with Crippen molar-refractivity contribution in [1.29, 1.82) is 0 Å². The highest BCUT2D eigenvalue weighted by Crippen LogP contribution is 2.43. The summed E-state index contributed by atoms with van der Waals surface area (Å²) in [6.45, 7) is 3.08. The van der Waals surface area contributed by atoms with Crippen LogP contribution in [-0.4, -0.2) is 93.4 Å². The third-order valence-electron chi connectivity index (χ3n) is 10.5. The van der Waals surface area contributed by atoms with Gasteiger partial charge in [-0.1, -0.05) is 159 Å². The molecule has 344 valence electrons. The van der Waals surface area contributed by atoms with Crippen molar-refractivity contribution >= 4 is 19.8 Å². The molecule has 0 aliphatic heterocycles. The molecule has 1 fully saturated rings. The number of aliphatic hydroxyl groups is 5. The Balaban J connectivity index is 2.47. The minimum Gasteiger partial charge on any atom is -0.756 e. The first kappa shape index (κ1) is 55.1. The van der Waals surface area contributed by atoms with E-state index < -0.39 is 75.7 Å². The van der Waals surface area contributed by atoms with E-state index in [-0.39, 0.29) is 12.8 Å². The quantitative estimate of drug-likeness (QED) is 0.0174. The fourth-order valence-corrected chi connectivity index (χ4v) is 7.78. The third-order valence-corrected chi connectivity index (χ3v) is 11.5. The summed E-state index contributed by atoms with van der Waals surface area (Å²) in [6.07, 6.45) is 25.8. The van der Waals surface area contributed by atoms with Gasteiger partial charge in [-0.3, -0.25) is 14.2 Å². The summed E-state index contributed by atoms with van der Waals surface area (Å²) < 4.78 is 33.1. The van der Waals surface area contributed by atoms with Crippen molar-refractivity contribution in [2.45, 2.75) is 224 Å². The van der Waals surface area contributed by atoms with Crippen molar-refractivity contribution in [3.63, 3.8) is 0 Å². The number of allylic oxidation sites excluding steroid dienone is 6. The maximum atomic E-state index is 12.7. The fourth-order valence-electron chi connectivity index (χ4n) is 6.82. The van der Waals surface area contributed by atoms with Crippen LogP contribution in [0.25, 0.3) is 0 Å². The summed E-state index contributed by atoms with van der Waals surface area (Å²) >= 11 is 0. The minimum absolute atomic E-state index is 0.0628. The molecule has 14 heteroatoms. The van der Waals surface area contributed by atoms with E-state index >= 15 is 0 Å². The van der Waals surface area contributed by atoms with E-state index in [0.717, 1.165) is 70.6 Å². The lowest BCUT2D eigenvalue weighted by Crippen LogP contribution is -2.64. The normalized spacial score (nSPS) is 22.6. The van der Waals surface area contributed by atoms with Gasteiger partial charge in [-0.15, -0.1) is 0 Å². The van der Waals surface area contributed by atoms with Gasteiger partial charge in [-0.2, -0.15) is 0 Å². The Kier molecular flexibility index (Phi) is 33.3. The van der Waals surface area contributed by atoms with Crippen LogP contribution in [0.3, 0.4) is 0 Å². The average Bonchev–Trinajstić information content (AvgIpc) is 3.21. The highest BCUT2D eigenvalue weighted by Gasteiger charge is 2.50. The Morgan fingerprint density at radius 3 is 1.49 bits per heavy atom. The first-order valence-electron chi connectivity index (χ1n) is 22.8. The zero-order valence-electron chi connectivity index (χ0n) is 36.3. The molecule has 1 aliphatic carbocycles. The molecule has 0 spiro atoms. The van der Waals surface area contributed by atoms with Crippen LogP contribution >= 0.6 is 7.82 Å². The van der Waals surface area contributed by atoms with Gasteiger partial charge >= 0.3 is 11.9 Å². The van der Waals surface area contributed by atoms with Crippen LogP contribution in [0.2, 0.25) is 0 Å². The van der Waals surface area contributed by atoms with E-state index in [2.05, 4.69) is 50.3 Å². The molecule has 0 aromatic rings. The second-order valence-electron chi connectivity index (χ2n) is 15.9. The molecule has 5 N–H and O–H groups in total. The molecule has 1 aliphatic rings. The lowest BCUT2D eigenvalue weighted by molar-refractivity contribution is -0.261. The molecule has 0 heterocycles. The maximum absolute atomic E-state index is 12.7. The van der Waals surface area contributed by atoms with Crippen LogP contribution in [0, 0.1) is 0 Å². The minimum atomic E-state index is -5.37. The summed E-state index contributed by atoms with van der Waals surface area (Å²) in [6, 6.07) is 0. The summed E-state index contributed by atoms with van der Waals surface area (Å²) in [5, 5.41) is 50.0. The predicted octanol–water partition coefficient (Wildman–Crippen LogP) is 7.98. The van der Waals surface area contributed by atoms with E-state index in [1.165, 1.54) is 70.6 Å². The Morgan fingerprint density at radius 1 is 0.559 bits per heavy atom. The van der Waals surface area contributed by atoms with Crippen molar-refractivity contribution in [3.05, 3.63) is 36.5 Å².